The fourth-order valence-electron chi connectivity index (χ4n) is 1.05. The molecule has 0 radical (unpaired) electrons. The van der Waals surface area contributed by atoms with Gasteiger partial charge in [-0.1, -0.05) is 11.6 Å². The highest BCUT2D eigenvalue weighted by Gasteiger charge is 2.19. The Bertz CT molecular complexity index is 444. The predicted molar refractivity (Wildman–Crippen MR) is 51.6 cm³/mol. The summed E-state index contributed by atoms with van der Waals surface area (Å²) < 4.78 is 9.01. The van der Waals surface area contributed by atoms with Crippen LogP contribution in [0.1, 0.15) is 16.2 Å². The van der Waals surface area contributed by atoms with E-state index in [0.717, 1.165) is 11.7 Å². The topological polar surface area (TPSA) is 60.7 Å². The monoisotopic (exact) mass is 228 g/mol. The number of nitrogens with zero attached hydrogens (tertiary/aromatic N) is 4. The lowest BCUT2D eigenvalue weighted by molar-refractivity contribution is 0.102. The van der Waals surface area contributed by atoms with Crippen LogP contribution in [-0.4, -0.2) is 24.3 Å². The highest BCUT2D eigenvalue weighted by Crippen LogP contribution is 2.17. The normalized spacial score (nSPS) is 10.4. The molecule has 0 atom stereocenters. The van der Waals surface area contributed by atoms with E-state index in [2.05, 4.69) is 13.8 Å². The van der Waals surface area contributed by atoms with Crippen molar-refractivity contribution in [2.45, 2.75) is 0 Å². The smallest absolute Gasteiger partial charge is 0.233 e. The minimum absolute atomic E-state index is 0.260. The first-order valence-corrected chi connectivity index (χ1v) is 4.80. The van der Waals surface area contributed by atoms with Crippen LogP contribution in [0.3, 0.4) is 0 Å². The maximum Gasteiger partial charge on any atom is 0.233 e. The van der Waals surface area contributed by atoms with E-state index in [1.165, 1.54) is 17.1 Å². The van der Waals surface area contributed by atoms with Gasteiger partial charge in [-0.15, -0.1) is 0 Å². The van der Waals surface area contributed by atoms with Crippen LogP contribution in [0.5, 0.6) is 0 Å². The Morgan fingerprint density at radius 1 is 1.57 bits per heavy atom. The van der Waals surface area contributed by atoms with Crippen LogP contribution in [0.25, 0.3) is 0 Å². The Hall–Kier alpha value is -1.27. The lowest BCUT2D eigenvalue weighted by atomic mass is 10.2. The maximum atomic E-state index is 11.8. The van der Waals surface area contributed by atoms with Crippen molar-refractivity contribution in [2.24, 2.45) is 7.05 Å². The third kappa shape index (κ3) is 1.42. The average Bonchev–Trinajstić information content (AvgIpc) is 2.75. The molecule has 2 rings (SSSR count). The molecule has 0 aliphatic heterocycles. The summed E-state index contributed by atoms with van der Waals surface area (Å²) in [4.78, 5) is 11.8. The molecule has 14 heavy (non-hydrogen) atoms. The second-order valence-corrected chi connectivity index (χ2v) is 3.55. The van der Waals surface area contributed by atoms with E-state index in [4.69, 9.17) is 11.6 Å². The Kier molecular flexibility index (Phi) is 2.30. The summed E-state index contributed by atoms with van der Waals surface area (Å²) in [5.41, 5.74) is 0.625. The molecule has 0 aliphatic rings. The van der Waals surface area contributed by atoms with E-state index >= 15 is 0 Å². The lowest BCUT2D eigenvalue weighted by Gasteiger charge is -1.97. The van der Waals surface area contributed by atoms with Crippen LogP contribution in [0.4, 0.5) is 0 Å². The number of hydrogen-bond donors (Lipinski definition) is 0. The van der Waals surface area contributed by atoms with E-state index < -0.39 is 0 Å². The second kappa shape index (κ2) is 3.47. The summed E-state index contributed by atoms with van der Waals surface area (Å²) >= 11 is 6.79. The molecule has 7 heteroatoms. The fraction of sp³-hybridized carbons (Fsp3) is 0.143. The van der Waals surface area contributed by atoms with E-state index in [1.54, 1.807) is 7.05 Å². The van der Waals surface area contributed by atoms with Gasteiger partial charge in [0.1, 0.15) is 11.4 Å². The third-order valence-electron chi connectivity index (χ3n) is 1.70. The van der Waals surface area contributed by atoms with Crippen molar-refractivity contribution in [3.8, 4) is 0 Å². The van der Waals surface area contributed by atoms with Gasteiger partial charge >= 0.3 is 0 Å². The van der Waals surface area contributed by atoms with Gasteiger partial charge in [0.15, 0.2) is 0 Å². The highest BCUT2D eigenvalue weighted by atomic mass is 35.5. The molecule has 5 nitrogen and oxygen atoms in total. The molecule has 0 unspecified atom stereocenters. The molecule has 2 aromatic heterocycles. The molecule has 0 saturated heterocycles. The van der Waals surface area contributed by atoms with Gasteiger partial charge in [0, 0.05) is 7.05 Å². The van der Waals surface area contributed by atoms with Crippen molar-refractivity contribution < 1.29 is 4.79 Å². The number of ketones is 1. The molecule has 0 aliphatic carbocycles. The molecule has 2 aromatic rings. The molecule has 0 aromatic carbocycles. The van der Waals surface area contributed by atoms with Gasteiger partial charge in [0.05, 0.1) is 29.1 Å². The maximum absolute atomic E-state index is 11.8. The predicted octanol–water partition coefficient (Wildman–Crippen LogP) is 1.16. The Morgan fingerprint density at radius 3 is 2.86 bits per heavy atom. The van der Waals surface area contributed by atoms with Crippen molar-refractivity contribution in [1.82, 2.24) is 18.5 Å². The molecule has 0 saturated carbocycles. The van der Waals surface area contributed by atoms with Crippen LogP contribution in [0.15, 0.2) is 12.4 Å². The summed E-state index contributed by atoms with van der Waals surface area (Å²) in [6.45, 7) is 0. The Labute approximate surface area is 88.7 Å². The van der Waals surface area contributed by atoms with Crippen LogP contribution >= 0.6 is 23.3 Å². The zero-order valence-corrected chi connectivity index (χ0v) is 8.71. The van der Waals surface area contributed by atoms with E-state index in [1.807, 2.05) is 0 Å². The number of carbonyl (C=O) groups is 1. The largest absolute Gasteiger partial charge is 0.285 e. The van der Waals surface area contributed by atoms with E-state index in [9.17, 15) is 4.79 Å². The summed E-state index contributed by atoms with van der Waals surface area (Å²) in [5, 5.41) is 4.19. The third-order valence-corrected chi connectivity index (χ3v) is 2.46. The highest BCUT2D eigenvalue weighted by molar-refractivity contribution is 6.99. The van der Waals surface area contributed by atoms with Crippen LogP contribution in [0, 0.1) is 0 Å². The van der Waals surface area contributed by atoms with Gasteiger partial charge in [0.25, 0.3) is 0 Å². The molecular formula is C7H5ClN4OS. The number of aromatic nitrogens is 4. The minimum Gasteiger partial charge on any atom is -0.285 e. The molecule has 0 spiro atoms. The Balaban J connectivity index is 2.46. The molecular weight excluding hydrogens is 224 g/mol. The summed E-state index contributed by atoms with van der Waals surface area (Å²) in [7, 11) is 1.65. The van der Waals surface area contributed by atoms with Crippen molar-refractivity contribution in [1.29, 1.82) is 0 Å². The SMILES string of the molecule is Cn1ncc(Cl)c1C(=O)c1cnsn1. The van der Waals surface area contributed by atoms with Gasteiger partial charge in [-0.05, 0) is 0 Å². The van der Waals surface area contributed by atoms with Gasteiger partial charge in [0.2, 0.25) is 5.78 Å². The van der Waals surface area contributed by atoms with E-state index in [0.29, 0.717) is 16.4 Å². The molecule has 0 fully saturated rings. The summed E-state index contributed by atoms with van der Waals surface area (Å²) in [5.74, 6) is -0.260. The Morgan fingerprint density at radius 2 is 2.36 bits per heavy atom. The molecule has 0 bridgehead atoms. The van der Waals surface area contributed by atoms with Gasteiger partial charge in [-0.25, -0.2) is 0 Å². The van der Waals surface area contributed by atoms with Crippen LogP contribution in [0.2, 0.25) is 5.02 Å². The van der Waals surface area contributed by atoms with Crippen molar-refractivity contribution in [3.63, 3.8) is 0 Å². The fourth-order valence-corrected chi connectivity index (χ4v) is 1.72. The standard InChI is InChI=1S/C7H5ClN4OS/c1-12-6(4(8)2-9-12)7(13)5-3-10-14-11-5/h2-3H,1H3. The second-order valence-electron chi connectivity index (χ2n) is 2.59. The first-order valence-electron chi connectivity index (χ1n) is 3.70. The van der Waals surface area contributed by atoms with Crippen molar-refractivity contribution in [3.05, 3.63) is 28.8 Å². The van der Waals surface area contributed by atoms with E-state index in [-0.39, 0.29) is 5.78 Å². The quantitative estimate of drug-likeness (QED) is 0.724. The number of hydrogen-bond acceptors (Lipinski definition) is 5. The first kappa shape index (κ1) is 9.29. The minimum atomic E-state index is -0.260. The van der Waals surface area contributed by atoms with Crippen LogP contribution < -0.4 is 0 Å². The average molecular weight is 229 g/mol. The van der Waals surface area contributed by atoms with Gasteiger partial charge < -0.3 is 0 Å². The van der Waals surface area contributed by atoms with Crippen molar-refractivity contribution >= 4 is 29.1 Å². The molecule has 0 amide bonds. The first-order chi connectivity index (χ1) is 6.70. The van der Waals surface area contributed by atoms with Gasteiger partial charge in [-0.2, -0.15) is 13.8 Å². The number of halogens is 1. The molecule has 2 heterocycles. The summed E-state index contributed by atoms with van der Waals surface area (Å²) in [6, 6.07) is 0. The number of aryl methyl sites for hydroxylation is 1. The number of carbonyl (C=O) groups excluding carboxylic acids is 1. The zero-order valence-electron chi connectivity index (χ0n) is 7.14. The van der Waals surface area contributed by atoms with Crippen LogP contribution in [-0.2, 0) is 7.05 Å². The van der Waals surface area contributed by atoms with Gasteiger partial charge in [-0.3, -0.25) is 9.48 Å². The van der Waals surface area contributed by atoms with Crippen molar-refractivity contribution in [2.75, 3.05) is 0 Å². The lowest BCUT2D eigenvalue weighted by Crippen LogP contribution is -2.08. The zero-order chi connectivity index (χ0) is 10.1. The number of rotatable bonds is 2. The molecule has 72 valence electrons. The molecule has 0 N–H and O–H groups in total. The summed E-state index contributed by atoms with van der Waals surface area (Å²) in [6.07, 6.45) is 2.84.